The van der Waals surface area contributed by atoms with E-state index in [0.717, 1.165) is 29.8 Å². The zero-order chi connectivity index (χ0) is 22.4. The number of halogens is 1. The van der Waals surface area contributed by atoms with E-state index in [4.69, 9.17) is 16.4 Å². The van der Waals surface area contributed by atoms with Crippen molar-refractivity contribution in [1.29, 1.82) is 0 Å². The molecular formula is C25H27ClN2O3. The van der Waals surface area contributed by atoms with E-state index in [1.807, 2.05) is 31.2 Å². The van der Waals surface area contributed by atoms with Gasteiger partial charge in [-0.05, 0) is 61.6 Å². The number of aryl methyl sites for hydroxylation is 1. The summed E-state index contributed by atoms with van der Waals surface area (Å²) in [6.45, 7) is 8.38. The second kappa shape index (κ2) is 7.49. The molecule has 5 nitrogen and oxygen atoms in total. The molecule has 2 aliphatic rings. The molecule has 162 valence electrons. The SMILES string of the molecule is Cc1ccc(NC(=O)C23CCC(C)(C(=NOC(=O)c4ccc(Cl)cc4)C2)C3(C)C)cc1. The highest BCUT2D eigenvalue weighted by Gasteiger charge is 2.71. The molecule has 2 aromatic carbocycles. The summed E-state index contributed by atoms with van der Waals surface area (Å²) < 4.78 is 0. The van der Waals surface area contributed by atoms with E-state index >= 15 is 0 Å². The molecule has 0 radical (unpaired) electrons. The number of benzene rings is 2. The van der Waals surface area contributed by atoms with E-state index in [1.54, 1.807) is 24.3 Å². The highest BCUT2D eigenvalue weighted by molar-refractivity contribution is 6.30. The first-order chi connectivity index (χ1) is 14.6. The number of nitrogens with zero attached hydrogens (tertiary/aromatic N) is 1. The molecule has 2 saturated carbocycles. The Morgan fingerprint density at radius 2 is 1.65 bits per heavy atom. The zero-order valence-electron chi connectivity index (χ0n) is 18.3. The van der Waals surface area contributed by atoms with Crippen molar-refractivity contribution in [3.63, 3.8) is 0 Å². The number of hydrogen-bond acceptors (Lipinski definition) is 4. The van der Waals surface area contributed by atoms with Gasteiger partial charge in [-0.3, -0.25) is 4.79 Å². The van der Waals surface area contributed by atoms with Gasteiger partial charge in [0.2, 0.25) is 5.91 Å². The Morgan fingerprint density at radius 3 is 2.29 bits per heavy atom. The maximum Gasteiger partial charge on any atom is 0.365 e. The number of nitrogens with one attached hydrogen (secondary N) is 1. The summed E-state index contributed by atoms with van der Waals surface area (Å²) in [5.74, 6) is -0.536. The third-order valence-corrected chi connectivity index (χ3v) is 8.05. The van der Waals surface area contributed by atoms with Gasteiger partial charge in [0.25, 0.3) is 0 Å². The Labute approximate surface area is 187 Å². The third kappa shape index (κ3) is 3.35. The Kier molecular flexibility index (Phi) is 5.21. The average Bonchev–Trinajstić information content (AvgIpc) is 3.05. The molecule has 6 heteroatoms. The lowest BCUT2D eigenvalue weighted by atomic mass is 9.64. The van der Waals surface area contributed by atoms with Gasteiger partial charge in [0, 0.05) is 22.5 Å². The van der Waals surface area contributed by atoms with Crippen molar-refractivity contribution in [3.05, 3.63) is 64.7 Å². The lowest BCUT2D eigenvalue weighted by molar-refractivity contribution is -0.130. The standard InChI is InChI=1S/C25H27ClN2O3/c1-16-5-11-19(12-6-16)27-22(30)25-14-13-24(4,23(25,2)3)20(15-25)28-31-21(29)17-7-9-18(26)10-8-17/h5-12H,13-15H2,1-4H3,(H,27,30). The van der Waals surface area contributed by atoms with Crippen LogP contribution in [0.25, 0.3) is 0 Å². The van der Waals surface area contributed by atoms with E-state index in [2.05, 4.69) is 31.2 Å². The van der Waals surface area contributed by atoms with Crippen molar-refractivity contribution >= 4 is 34.9 Å². The van der Waals surface area contributed by atoms with Crippen LogP contribution in [-0.2, 0) is 9.63 Å². The van der Waals surface area contributed by atoms with Crippen LogP contribution in [0.5, 0.6) is 0 Å². The summed E-state index contributed by atoms with van der Waals surface area (Å²) in [7, 11) is 0. The Morgan fingerprint density at radius 1 is 1.00 bits per heavy atom. The number of carbonyl (C=O) groups excluding carboxylic acids is 2. The minimum absolute atomic E-state index is 0.000643. The van der Waals surface area contributed by atoms with Gasteiger partial charge in [-0.25, -0.2) is 4.79 Å². The molecule has 1 amide bonds. The maximum absolute atomic E-state index is 13.5. The fourth-order valence-electron chi connectivity index (χ4n) is 5.15. The van der Waals surface area contributed by atoms with E-state index < -0.39 is 11.4 Å². The molecule has 2 aliphatic carbocycles. The Bertz CT molecular complexity index is 1060. The van der Waals surface area contributed by atoms with Crippen LogP contribution in [0, 0.1) is 23.2 Å². The van der Waals surface area contributed by atoms with Gasteiger partial charge in [0.05, 0.1) is 16.7 Å². The predicted octanol–water partition coefficient (Wildman–Crippen LogP) is 6.02. The molecule has 0 aliphatic heterocycles. The molecule has 2 atom stereocenters. The predicted molar refractivity (Wildman–Crippen MR) is 122 cm³/mol. The average molecular weight is 439 g/mol. The van der Waals surface area contributed by atoms with Crippen LogP contribution >= 0.6 is 11.6 Å². The molecule has 0 aromatic heterocycles. The normalized spacial score (nSPS) is 27.3. The number of oxime groups is 1. The van der Waals surface area contributed by atoms with Crippen LogP contribution in [0.4, 0.5) is 5.69 Å². The molecule has 2 bridgehead atoms. The van der Waals surface area contributed by atoms with Gasteiger partial charge >= 0.3 is 5.97 Å². The fourth-order valence-corrected chi connectivity index (χ4v) is 5.27. The highest BCUT2D eigenvalue weighted by Crippen LogP contribution is 2.71. The first kappa shape index (κ1) is 21.6. The number of amides is 1. The minimum Gasteiger partial charge on any atom is -0.326 e. The lowest BCUT2D eigenvalue weighted by Gasteiger charge is -2.39. The second-order valence-corrected chi connectivity index (χ2v) is 9.90. The van der Waals surface area contributed by atoms with Crippen molar-refractivity contribution in [3.8, 4) is 0 Å². The topological polar surface area (TPSA) is 67.8 Å². The molecule has 0 spiro atoms. The molecule has 4 rings (SSSR count). The third-order valence-electron chi connectivity index (χ3n) is 7.80. The molecule has 0 heterocycles. The Hall–Kier alpha value is -2.66. The molecule has 1 N–H and O–H groups in total. The van der Waals surface area contributed by atoms with Crippen molar-refractivity contribution in [2.45, 2.75) is 47.0 Å². The maximum atomic E-state index is 13.5. The summed E-state index contributed by atoms with van der Waals surface area (Å²) in [5, 5.41) is 7.92. The largest absolute Gasteiger partial charge is 0.365 e. The molecule has 31 heavy (non-hydrogen) atoms. The van der Waals surface area contributed by atoms with Gasteiger partial charge < -0.3 is 10.2 Å². The zero-order valence-corrected chi connectivity index (χ0v) is 19.0. The van der Waals surface area contributed by atoms with Crippen LogP contribution in [0.3, 0.4) is 0 Å². The van der Waals surface area contributed by atoms with E-state index in [1.165, 1.54) is 0 Å². The summed E-state index contributed by atoms with van der Waals surface area (Å²) in [6.07, 6.45) is 2.07. The quantitative estimate of drug-likeness (QED) is 0.469. The fraction of sp³-hybridized carbons (Fsp3) is 0.400. The summed E-state index contributed by atoms with van der Waals surface area (Å²) in [4.78, 5) is 31.2. The number of hydrogen-bond donors (Lipinski definition) is 1. The number of rotatable bonds is 4. The summed E-state index contributed by atoms with van der Waals surface area (Å²) in [5.41, 5.74) is 1.82. The van der Waals surface area contributed by atoms with Gasteiger partial charge in [-0.15, -0.1) is 0 Å². The second-order valence-electron chi connectivity index (χ2n) is 9.46. The number of anilines is 1. The monoisotopic (exact) mass is 438 g/mol. The van der Waals surface area contributed by atoms with Crippen molar-refractivity contribution in [2.24, 2.45) is 21.4 Å². The molecular weight excluding hydrogens is 412 g/mol. The van der Waals surface area contributed by atoms with Gasteiger partial charge in [0.15, 0.2) is 0 Å². The first-order valence-electron chi connectivity index (χ1n) is 10.5. The van der Waals surface area contributed by atoms with Crippen LogP contribution in [0.15, 0.2) is 53.7 Å². The van der Waals surface area contributed by atoms with Crippen LogP contribution in [-0.4, -0.2) is 17.6 Å². The summed E-state index contributed by atoms with van der Waals surface area (Å²) in [6, 6.07) is 14.3. The van der Waals surface area contributed by atoms with E-state index in [9.17, 15) is 9.59 Å². The summed E-state index contributed by atoms with van der Waals surface area (Å²) >= 11 is 5.88. The molecule has 2 unspecified atom stereocenters. The minimum atomic E-state index is -0.599. The Balaban J connectivity index is 1.57. The molecule has 2 aromatic rings. The molecule has 2 fully saturated rings. The van der Waals surface area contributed by atoms with Crippen LogP contribution in [0.2, 0.25) is 5.02 Å². The van der Waals surface area contributed by atoms with Gasteiger partial charge in [0.1, 0.15) is 0 Å². The van der Waals surface area contributed by atoms with Gasteiger partial charge in [-0.2, -0.15) is 0 Å². The van der Waals surface area contributed by atoms with E-state index in [0.29, 0.717) is 17.0 Å². The van der Waals surface area contributed by atoms with Crippen molar-refractivity contribution in [1.82, 2.24) is 0 Å². The van der Waals surface area contributed by atoms with E-state index in [-0.39, 0.29) is 16.7 Å². The first-order valence-corrected chi connectivity index (χ1v) is 10.9. The smallest absolute Gasteiger partial charge is 0.326 e. The van der Waals surface area contributed by atoms with Crippen LogP contribution < -0.4 is 5.32 Å². The molecule has 0 saturated heterocycles. The highest BCUT2D eigenvalue weighted by atomic mass is 35.5. The number of carbonyl (C=O) groups is 2. The van der Waals surface area contributed by atoms with Crippen LogP contribution in [0.1, 0.15) is 56.0 Å². The van der Waals surface area contributed by atoms with Crippen molar-refractivity contribution < 1.29 is 14.4 Å². The lowest BCUT2D eigenvalue weighted by Crippen LogP contribution is -2.43. The van der Waals surface area contributed by atoms with Crippen molar-refractivity contribution in [2.75, 3.05) is 5.32 Å². The van der Waals surface area contributed by atoms with Gasteiger partial charge in [-0.1, -0.05) is 55.2 Å². The number of fused-ring (bicyclic) bond motifs is 2.